The molecule has 2 bridgehead atoms. The first-order valence-electron chi connectivity index (χ1n) is 3.81. The molecule has 3 heterocycles. The first-order valence-corrected chi connectivity index (χ1v) is 3.81. The minimum Gasteiger partial charge on any atom is -0.456 e. The normalized spacial score (nSPS) is 58.6. The van der Waals surface area contributed by atoms with Gasteiger partial charge in [-0.05, 0) is 6.42 Å². The number of esters is 1. The van der Waals surface area contributed by atoms with Crippen LogP contribution in [0.5, 0.6) is 0 Å². The average molecular weight is 156 g/mol. The number of hydrogen-bond acceptors (Lipinski definition) is 4. The summed E-state index contributed by atoms with van der Waals surface area (Å²) in [5, 5.41) is 9.42. The molecule has 0 spiro atoms. The van der Waals surface area contributed by atoms with Gasteiger partial charge in [-0.15, -0.1) is 0 Å². The lowest BCUT2D eigenvalue weighted by atomic mass is 9.88. The molecule has 4 heteroatoms. The summed E-state index contributed by atoms with van der Waals surface area (Å²) >= 11 is 0. The molecular formula is C7H8O4. The number of ether oxygens (including phenoxy) is 2. The van der Waals surface area contributed by atoms with Gasteiger partial charge in [-0.2, -0.15) is 0 Å². The lowest BCUT2D eigenvalue weighted by Crippen LogP contribution is -2.36. The van der Waals surface area contributed by atoms with E-state index in [1.807, 2.05) is 0 Å². The maximum atomic E-state index is 11.0. The Morgan fingerprint density at radius 2 is 2.27 bits per heavy atom. The first-order chi connectivity index (χ1) is 5.27. The molecule has 3 aliphatic heterocycles. The van der Waals surface area contributed by atoms with Crippen molar-refractivity contribution >= 4 is 5.97 Å². The van der Waals surface area contributed by atoms with Gasteiger partial charge in [0.2, 0.25) is 0 Å². The van der Waals surface area contributed by atoms with Crippen molar-refractivity contribution in [2.45, 2.75) is 30.8 Å². The number of aliphatic hydroxyl groups excluding tert-OH is 1. The smallest absolute Gasteiger partial charge is 0.312 e. The molecule has 3 fully saturated rings. The molecule has 0 saturated carbocycles. The molecule has 60 valence electrons. The topological polar surface area (TPSA) is 55.8 Å². The summed E-state index contributed by atoms with van der Waals surface area (Å²) in [6, 6.07) is 0. The summed E-state index contributed by atoms with van der Waals surface area (Å²) in [6.45, 7) is 0. The van der Waals surface area contributed by atoms with Gasteiger partial charge in [0.1, 0.15) is 12.2 Å². The molecule has 3 rings (SSSR count). The fourth-order valence-electron chi connectivity index (χ4n) is 2.26. The van der Waals surface area contributed by atoms with Gasteiger partial charge in [-0.3, -0.25) is 4.79 Å². The summed E-state index contributed by atoms with van der Waals surface area (Å²) < 4.78 is 10.3. The first kappa shape index (κ1) is 5.97. The van der Waals surface area contributed by atoms with Gasteiger partial charge in [0.25, 0.3) is 0 Å². The summed E-state index contributed by atoms with van der Waals surface area (Å²) in [5.74, 6) is -0.285. The number of hydrogen-bond donors (Lipinski definition) is 1. The van der Waals surface area contributed by atoms with Crippen LogP contribution in [0, 0.1) is 5.92 Å². The van der Waals surface area contributed by atoms with Gasteiger partial charge in [0.05, 0.1) is 12.0 Å². The van der Waals surface area contributed by atoms with Crippen LogP contribution in [-0.2, 0) is 14.3 Å². The molecule has 1 N–H and O–H groups in total. The molecule has 0 aromatic carbocycles. The number of aliphatic hydroxyl groups is 1. The van der Waals surface area contributed by atoms with E-state index in [1.165, 1.54) is 0 Å². The monoisotopic (exact) mass is 156 g/mol. The molecule has 3 saturated heterocycles. The van der Waals surface area contributed by atoms with Crippen LogP contribution in [0.15, 0.2) is 0 Å². The number of fused-ring (bicyclic) bond motifs is 1. The van der Waals surface area contributed by atoms with Crippen LogP contribution in [0.2, 0.25) is 0 Å². The molecule has 0 unspecified atom stereocenters. The third kappa shape index (κ3) is 0.520. The van der Waals surface area contributed by atoms with E-state index in [0.717, 1.165) is 0 Å². The van der Waals surface area contributed by atoms with Crippen LogP contribution in [0.4, 0.5) is 0 Å². The lowest BCUT2D eigenvalue weighted by molar-refractivity contribution is -0.145. The lowest BCUT2D eigenvalue weighted by Gasteiger charge is -2.15. The van der Waals surface area contributed by atoms with Crippen LogP contribution in [0.3, 0.4) is 0 Å². The van der Waals surface area contributed by atoms with Gasteiger partial charge in [-0.25, -0.2) is 0 Å². The summed E-state index contributed by atoms with van der Waals surface area (Å²) in [5.41, 5.74) is 0. The Labute approximate surface area is 63.1 Å². The minimum atomic E-state index is -0.581. The fourth-order valence-corrected chi connectivity index (χ4v) is 2.26. The third-order valence-corrected chi connectivity index (χ3v) is 2.81. The van der Waals surface area contributed by atoms with E-state index < -0.39 is 6.10 Å². The van der Waals surface area contributed by atoms with Crippen molar-refractivity contribution in [1.82, 2.24) is 0 Å². The second kappa shape index (κ2) is 1.59. The molecule has 0 aromatic heterocycles. The van der Waals surface area contributed by atoms with Crippen molar-refractivity contribution in [3.63, 3.8) is 0 Å². The average Bonchev–Trinajstić information content (AvgIpc) is 2.53. The zero-order chi connectivity index (χ0) is 7.59. The Balaban J connectivity index is 2.04. The summed E-state index contributed by atoms with van der Waals surface area (Å²) in [7, 11) is 0. The third-order valence-electron chi connectivity index (χ3n) is 2.81. The molecule has 0 aliphatic carbocycles. The largest absolute Gasteiger partial charge is 0.456 e. The van der Waals surface area contributed by atoms with Gasteiger partial charge in [0, 0.05) is 0 Å². The Morgan fingerprint density at radius 3 is 2.91 bits per heavy atom. The number of carbonyl (C=O) groups is 1. The minimum absolute atomic E-state index is 0.0894. The summed E-state index contributed by atoms with van der Waals surface area (Å²) in [4.78, 5) is 11.0. The highest BCUT2D eigenvalue weighted by atomic mass is 16.6. The molecule has 3 aliphatic rings. The van der Waals surface area contributed by atoms with E-state index >= 15 is 0 Å². The van der Waals surface area contributed by atoms with Crippen molar-refractivity contribution in [1.29, 1.82) is 0 Å². The predicted octanol–water partition coefficient (Wildman–Crippen LogP) is -0.940. The highest BCUT2D eigenvalue weighted by molar-refractivity contribution is 5.77. The fraction of sp³-hybridized carbons (Fsp3) is 0.857. The maximum absolute atomic E-state index is 11.0. The summed E-state index contributed by atoms with van der Waals surface area (Å²) in [6.07, 6.45) is -0.612. The molecular weight excluding hydrogens is 148 g/mol. The zero-order valence-electron chi connectivity index (χ0n) is 5.77. The van der Waals surface area contributed by atoms with Crippen molar-refractivity contribution in [2.24, 2.45) is 5.92 Å². The molecule has 0 amide bonds. The highest BCUT2D eigenvalue weighted by Gasteiger charge is 2.63. The van der Waals surface area contributed by atoms with Gasteiger partial charge >= 0.3 is 5.97 Å². The van der Waals surface area contributed by atoms with Gasteiger partial charge in [-0.1, -0.05) is 0 Å². The van der Waals surface area contributed by atoms with Crippen molar-refractivity contribution in [3.05, 3.63) is 0 Å². The Bertz CT molecular complexity index is 226. The van der Waals surface area contributed by atoms with Crippen LogP contribution >= 0.6 is 0 Å². The second-order valence-corrected chi connectivity index (χ2v) is 3.37. The molecule has 5 atom stereocenters. The SMILES string of the molecule is O=C1O[C@H]2[C@H](O)[C@H]3C[C@@H]1[C@H]2O3. The van der Waals surface area contributed by atoms with Crippen LogP contribution in [-0.4, -0.2) is 35.5 Å². The molecule has 11 heavy (non-hydrogen) atoms. The highest BCUT2D eigenvalue weighted by Crippen LogP contribution is 2.45. The predicted molar refractivity (Wildman–Crippen MR) is 32.7 cm³/mol. The van der Waals surface area contributed by atoms with Crippen molar-refractivity contribution in [2.75, 3.05) is 0 Å². The zero-order valence-corrected chi connectivity index (χ0v) is 5.77. The Hall–Kier alpha value is -0.610. The van der Waals surface area contributed by atoms with Gasteiger partial charge in [0.15, 0.2) is 6.10 Å². The second-order valence-electron chi connectivity index (χ2n) is 3.37. The van der Waals surface area contributed by atoms with Crippen LogP contribution < -0.4 is 0 Å². The van der Waals surface area contributed by atoms with Crippen LogP contribution in [0.1, 0.15) is 6.42 Å². The molecule has 0 radical (unpaired) electrons. The molecule has 0 aromatic rings. The maximum Gasteiger partial charge on any atom is 0.312 e. The Kier molecular flexibility index (Phi) is 0.863. The number of rotatable bonds is 0. The molecule has 4 nitrogen and oxygen atoms in total. The Morgan fingerprint density at radius 1 is 1.45 bits per heavy atom. The van der Waals surface area contributed by atoms with Crippen molar-refractivity contribution < 1.29 is 19.4 Å². The standard InChI is InChI=1S/C7H8O4/c8-4-3-1-2-5(10-3)6(4)11-7(2)9/h2-6,8H,1H2/t2-,3-,4-,5-,6+/m1/s1. The van der Waals surface area contributed by atoms with Crippen molar-refractivity contribution in [3.8, 4) is 0 Å². The van der Waals surface area contributed by atoms with Crippen LogP contribution in [0.25, 0.3) is 0 Å². The van der Waals surface area contributed by atoms with E-state index in [-0.39, 0.29) is 30.2 Å². The van der Waals surface area contributed by atoms with Gasteiger partial charge < -0.3 is 14.6 Å². The van der Waals surface area contributed by atoms with E-state index in [2.05, 4.69) is 0 Å². The van der Waals surface area contributed by atoms with E-state index in [1.54, 1.807) is 0 Å². The van der Waals surface area contributed by atoms with E-state index in [4.69, 9.17) is 9.47 Å². The van der Waals surface area contributed by atoms with E-state index in [0.29, 0.717) is 6.42 Å². The number of carbonyl (C=O) groups excluding carboxylic acids is 1. The van der Waals surface area contributed by atoms with E-state index in [9.17, 15) is 9.90 Å². The quantitative estimate of drug-likeness (QED) is 0.460.